The van der Waals surface area contributed by atoms with Gasteiger partial charge in [0.1, 0.15) is 6.26 Å². The highest BCUT2D eigenvalue weighted by molar-refractivity contribution is 6.30. The summed E-state index contributed by atoms with van der Waals surface area (Å²) in [4.78, 5) is 26.2. The maximum atomic E-state index is 12.0. The van der Waals surface area contributed by atoms with E-state index in [1.54, 1.807) is 6.07 Å². The SMILES string of the molecule is O=C(CNC(=O)c1ccoc1)NC1CCN(Cc2ccc(Cl)cc2)CC1. The fraction of sp³-hybridized carbons (Fsp3) is 0.368. The van der Waals surface area contributed by atoms with Gasteiger partial charge in [-0.2, -0.15) is 0 Å². The van der Waals surface area contributed by atoms with Crippen molar-refractivity contribution in [2.45, 2.75) is 25.4 Å². The number of furan rings is 1. The van der Waals surface area contributed by atoms with Crippen LogP contribution in [0.3, 0.4) is 0 Å². The summed E-state index contributed by atoms with van der Waals surface area (Å²) in [5.74, 6) is -0.482. The Morgan fingerprint density at radius 3 is 2.54 bits per heavy atom. The molecule has 1 saturated heterocycles. The first-order valence-corrected chi connectivity index (χ1v) is 9.04. The minimum atomic E-state index is -0.313. The van der Waals surface area contributed by atoms with Crippen LogP contribution in [0.15, 0.2) is 47.3 Å². The van der Waals surface area contributed by atoms with Gasteiger partial charge in [0.25, 0.3) is 5.91 Å². The molecule has 0 atom stereocenters. The van der Waals surface area contributed by atoms with Gasteiger partial charge in [-0.25, -0.2) is 0 Å². The monoisotopic (exact) mass is 375 g/mol. The molecule has 2 heterocycles. The number of halogens is 1. The van der Waals surface area contributed by atoms with Crippen molar-refractivity contribution in [3.63, 3.8) is 0 Å². The molecule has 1 fully saturated rings. The Kier molecular flexibility index (Phi) is 6.30. The van der Waals surface area contributed by atoms with Gasteiger partial charge in [0.15, 0.2) is 0 Å². The molecule has 0 unspecified atom stereocenters. The van der Waals surface area contributed by atoms with Gasteiger partial charge in [0.05, 0.1) is 18.4 Å². The molecule has 3 rings (SSSR count). The Balaban J connectivity index is 1.36. The topological polar surface area (TPSA) is 74.6 Å². The summed E-state index contributed by atoms with van der Waals surface area (Å²) < 4.78 is 4.85. The minimum Gasteiger partial charge on any atom is -0.472 e. The lowest BCUT2D eigenvalue weighted by molar-refractivity contribution is -0.121. The number of nitrogens with zero attached hydrogens (tertiary/aromatic N) is 1. The van der Waals surface area contributed by atoms with E-state index in [1.165, 1.54) is 18.1 Å². The minimum absolute atomic E-state index is 0.0327. The normalized spacial score (nSPS) is 15.6. The van der Waals surface area contributed by atoms with Crippen molar-refractivity contribution >= 4 is 23.4 Å². The van der Waals surface area contributed by atoms with Crippen LogP contribution in [-0.2, 0) is 11.3 Å². The van der Waals surface area contributed by atoms with E-state index in [-0.39, 0.29) is 24.4 Å². The van der Waals surface area contributed by atoms with E-state index in [0.29, 0.717) is 5.56 Å². The molecule has 2 aromatic rings. The van der Waals surface area contributed by atoms with Crippen LogP contribution in [0.1, 0.15) is 28.8 Å². The van der Waals surface area contributed by atoms with E-state index >= 15 is 0 Å². The number of amides is 2. The summed E-state index contributed by atoms with van der Waals surface area (Å²) in [6.45, 7) is 2.71. The quantitative estimate of drug-likeness (QED) is 0.813. The molecule has 1 aliphatic heterocycles. The van der Waals surface area contributed by atoms with Gasteiger partial charge in [0, 0.05) is 30.7 Å². The van der Waals surface area contributed by atoms with Crippen molar-refractivity contribution in [3.8, 4) is 0 Å². The molecule has 0 radical (unpaired) electrons. The van der Waals surface area contributed by atoms with Crippen molar-refractivity contribution in [1.29, 1.82) is 0 Å². The summed E-state index contributed by atoms with van der Waals surface area (Å²) in [6.07, 6.45) is 4.57. The van der Waals surface area contributed by atoms with E-state index in [1.807, 2.05) is 24.3 Å². The average molecular weight is 376 g/mol. The maximum Gasteiger partial charge on any atom is 0.254 e. The number of nitrogens with one attached hydrogen (secondary N) is 2. The first-order valence-electron chi connectivity index (χ1n) is 8.67. The van der Waals surface area contributed by atoms with Crippen LogP contribution in [0.25, 0.3) is 0 Å². The zero-order valence-electron chi connectivity index (χ0n) is 14.4. The van der Waals surface area contributed by atoms with Gasteiger partial charge in [-0.1, -0.05) is 23.7 Å². The molecule has 1 aromatic carbocycles. The van der Waals surface area contributed by atoms with Crippen LogP contribution >= 0.6 is 11.6 Å². The number of carbonyl (C=O) groups is 2. The predicted octanol–water partition coefficient (Wildman–Crippen LogP) is 2.44. The van der Waals surface area contributed by atoms with Crippen LogP contribution in [0.4, 0.5) is 0 Å². The van der Waals surface area contributed by atoms with E-state index in [4.69, 9.17) is 16.0 Å². The Labute approximate surface area is 157 Å². The number of hydrogen-bond acceptors (Lipinski definition) is 4. The summed E-state index contributed by atoms with van der Waals surface area (Å²) in [5.41, 5.74) is 1.65. The highest BCUT2D eigenvalue weighted by Crippen LogP contribution is 2.15. The summed E-state index contributed by atoms with van der Waals surface area (Å²) >= 11 is 5.91. The van der Waals surface area contributed by atoms with Gasteiger partial charge < -0.3 is 15.1 Å². The second-order valence-electron chi connectivity index (χ2n) is 6.44. The molecule has 7 heteroatoms. The largest absolute Gasteiger partial charge is 0.472 e. The van der Waals surface area contributed by atoms with Crippen molar-refractivity contribution in [2.24, 2.45) is 0 Å². The van der Waals surface area contributed by atoms with Gasteiger partial charge in [-0.3, -0.25) is 14.5 Å². The molecule has 138 valence electrons. The van der Waals surface area contributed by atoms with Crippen LogP contribution in [-0.4, -0.2) is 42.4 Å². The van der Waals surface area contributed by atoms with E-state index < -0.39 is 0 Å². The van der Waals surface area contributed by atoms with E-state index in [0.717, 1.165) is 37.5 Å². The number of benzene rings is 1. The third kappa shape index (κ3) is 5.34. The summed E-state index contributed by atoms with van der Waals surface area (Å²) in [7, 11) is 0. The average Bonchev–Trinajstić information content (AvgIpc) is 3.18. The highest BCUT2D eigenvalue weighted by Gasteiger charge is 2.21. The summed E-state index contributed by atoms with van der Waals surface area (Å²) in [6, 6.07) is 9.60. The molecule has 0 aliphatic carbocycles. The van der Waals surface area contributed by atoms with Gasteiger partial charge in [0.2, 0.25) is 5.91 Å². The maximum absolute atomic E-state index is 12.0. The molecule has 1 aliphatic rings. The van der Waals surface area contributed by atoms with Gasteiger partial charge in [-0.05, 0) is 36.6 Å². The second-order valence-corrected chi connectivity index (χ2v) is 6.88. The Morgan fingerprint density at radius 2 is 1.88 bits per heavy atom. The molecule has 26 heavy (non-hydrogen) atoms. The molecule has 6 nitrogen and oxygen atoms in total. The molecule has 0 bridgehead atoms. The van der Waals surface area contributed by atoms with Crippen LogP contribution in [0, 0.1) is 0 Å². The summed E-state index contributed by atoms with van der Waals surface area (Å²) in [5, 5.41) is 6.32. The van der Waals surface area contributed by atoms with Crippen molar-refractivity contribution < 1.29 is 14.0 Å². The van der Waals surface area contributed by atoms with Crippen LogP contribution < -0.4 is 10.6 Å². The molecule has 2 amide bonds. The highest BCUT2D eigenvalue weighted by atomic mass is 35.5. The first kappa shape index (κ1) is 18.5. The molecule has 0 saturated carbocycles. The number of likely N-dealkylation sites (tertiary alicyclic amines) is 1. The zero-order valence-corrected chi connectivity index (χ0v) is 15.2. The van der Waals surface area contributed by atoms with E-state index in [9.17, 15) is 9.59 Å². The number of carbonyl (C=O) groups excluding carboxylic acids is 2. The molecule has 0 spiro atoms. The van der Waals surface area contributed by atoms with Crippen molar-refractivity contribution in [2.75, 3.05) is 19.6 Å². The predicted molar refractivity (Wildman–Crippen MR) is 98.9 cm³/mol. The lowest BCUT2D eigenvalue weighted by Crippen LogP contribution is -2.47. The Bertz CT molecular complexity index is 723. The van der Waals surface area contributed by atoms with E-state index in [2.05, 4.69) is 15.5 Å². The first-order chi connectivity index (χ1) is 12.6. The molecular formula is C19H22ClN3O3. The van der Waals surface area contributed by atoms with Crippen LogP contribution in [0.2, 0.25) is 5.02 Å². The molecular weight excluding hydrogens is 354 g/mol. The smallest absolute Gasteiger partial charge is 0.254 e. The third-order valence-corrected chi connectivity index (χ3v) is 4.72. The molecule has 1 aromatic heterocycles. The van der Waals surface area contributed by atoms with Crippen LogP contribution in [0.5, 0.6) is 0 Å². The standard InChI is InChI=1S/C19H22ClN3O3/c20-16-3-1-14(2-4-16)12-23-8-5-17(6-9-23)22-18(24)11-21-19(25)15-7-10-26-13-15/h1-4,7,10,13,17H,5-6,8-9,11-12H2,(H,21,25)(H,22,24). The fourth-order valence-corrected chi connectivity index (χ4v) is 3.14. The lowest BCUT2D eigenvalue weighted by atomic mass is 10.0. The lowest BCUT2D eigenvalue weighted by Gasteiger charge is -2.32. The van der Waals surface area contributed by atoms with Gasteiger partial charge >= 0.3 is 0 Å². The number of rotatable bonds is 6. The Hall–Kier alpha value is -2.31. The third-order valence-electron chi connectivity index (χ3n) is 4.46. The molecule has 2 N–H and O–H groups in total. The van der Waals surface area contributed by atoms with Gasteiger partial charge in [-0.15, -0.1) is 0 Å². The Morgan fingerprint density at radius 1 is 1.15 bits per heavy atom. The zero-order chi connectivity index (χ0) is 18.4. The number of piperidine rings is 1. The van der Waals surface area contributed by atoms with Crippen molar-refractivity contribution in [3.05, 3.63) is 59.0 Å². The fourth-order valence-electron chi connectivity index (χ4n) is 3.02. The van der Waals surface area contributed by atoms with Crippen molar-refractivity contribution in [1.82, 2.24) is 15.5 Å². The number of hydrogen-bond donors (Lipinski definition) is 2. The second kappa shape index (κ2) is 8.87.